The molecule has 0 atom stereocenters. The number of aromatic nitrogens is 2. The second-order valence-electron chi connectivity index (χ2n) is 14.3. The van der Waals surface area contributed by atoms with Gasteiger partial charge in [0.1, 0.15) is 23.3 Å². The fourth-order valence-corrected chi connectivity index (χ4v) is 6.62. The maximum atomic E-state index is 13.7. The molecule has 0 aliphatic heterocycles. The van der Waals surface area contributed by atoms with Gasteiger partial charge < -0.3 is 10.2 Å². The largest absolute Gasteiger partial charge is 0.493 e. The zero-order chi connectivity index (χ0) is 40.5. The van der Waals surface area contributed by atoms with Crippen molar-refractivity contribution in [2.45, 2.75) is 131 Å². The molecule has 0 unspecified atom stereocenters. The third-order valence-electron chi connectivity index (χ3n) is 10.1. The summed E-state index contributed by atoms with van der Waals surface area (Å²) in [7, 11) is 0. The molecular weight excluding hydrogens is 705 g/mol. The Labute approximate surface area is 329 Å². The molecule has 0 saturated carbocycles. The van der Waals surface area contributed by atoms with Crippen molar-refractivity contribution in [2.75, 3.05) is 0 Å². The number of unbranched alkanes of at least 4 members (excludes halogenated alkanes) is 10. The van der Waals surface area contributed by atoms with Crippen LogP contribution in [0, 0.1) is 36.5 Å². The summed E-state index contributed by atoms with van der Waals surface area (Å²) in [5.74, 6) is -1.24. The number of hydrogen-bond donors (Lipinski definition) is 2. The van der Waals surface area contributed by atoms with Crippen LogP contribution in [0.15, 0.2) is 78.6 Å². The molecule has 0 radical (unpaired) electrons. The van der Waals surface area contributed by atoms with Gasteiger partial charge in [-0.2, -0.15) is 20.8 Å². The molecule has 12 nitrogen and oxygen atoms in total. The molecule has 0 aliphatic carbocycles. The number of aromatic hydroxyl groups is 2. The maximum Gasteiger partial charge on any atom is 0.281 e. The van der Waals surface area contributed by atoms with Crippen LogP contribution in [0.4, 0.5) is 22.7 Å². The van der Waals surface area contributed by atoms with E-state index in [1.165, 1.54) is 89.2 Å². The van der Waals surface area contributed by atoms with Gasteiger partial charge in [-0.25, -0.2) is 0 Å². The summed E-state index contributed by atoms with van der Waals surface area (Å²) in [4.78, 5) is 27.4. The van der Waals surface area contributed by atoms with Crippen LogP contribution in [-0.2, 0) is 25.9 Å². The smallest absolute Gasteiger partial charge is 0.281 e. The quantitative estimate of drug-likeness (QED) is 0.0629. The highest BCUT2D eigenvalue weighted by atomic mass is 16.3. The van der Waals surface area contributed by atoms with E-state index in [1.807, 2.05) is 60.7 Å². The topological polar surface area (TPSA) is 181 Å². The molecule has 2 aromatic carbocycles. The van der Waals surface area contributed by atoms with Gasteiger partial charge in [0.05, 0.1) is 11.4 Å². The Hall–Kier alpha value is -5.88. The highest BCUT2D eigenvalue weighted by Gasteiger charge is 2.22. The van der Waals surface area contributed by atoms with E-state index >= 15 is 0 Å². The molecule has 0 saturated heterocycles. The van der Waals surface area contributed by atoms with Crippen LogP contribution in [0.3, 0.4) is 0 Å². The molecule has 56 heavy (non-hydrogen) atoms. The summed E-state index contributed by atoms with van der Waals surface area (Å²) < 4.78 is 1.80. The number of azo groups is 2. The Balaban J connectivity index is 1.53. The van der Waals surface area contributed by atoms with Crippen molar-refractivity contribution in [3.8, 4) is 23.9 Å². The number of rotatable bonds is 21. The summed E-state index contributed by atoms with van der Waals surface area (Å²) in [5.41, 5.74) is 1.52. The minimum absolute atomic E-state index is 0.148. The van der Waals surface area contributed by atoms with Gasteiger partial charge in [-0.3, -0.25) is 18.7 Å². The van der Waals surface area contributed by atoms with E-state index in [0.29, 0.717) is 11.4 Å². The molecule has 12 heteroatoms. The number of aryl methyl sites for hydroxylation is 2. The minimum atomic E-state index is -0.748. The number of nitrogens with zero attached hydrogens (tertiary/aromatic N) is 8. The van der Waals surface area contributed by atoms with E-state index in [0.717, 1.165) is 34.8 Å². The fraction of sp³-hybridized carbons (Fsp3) is 0.455. The fourth-order valence-electron chi connectivity index (χ4n) is 6.62. The average molecular weight is 759 g/mol. The van der Waals surface area contributed by atoms with E-state index in [1.54, 1.807) is 0 Å². The first-order valence-corrected chi connectivity index (χ1v) is 19.9. The van der Waals surface area contributed by atoms with Crippen molar-refractivity contribution in [3.63, 3.8) is 0 Å². The zero-order valence-corrected chi connectivity index (χ0v) is 33.2. The Morgan fingerprint density at radius 2 is 0.875 bits per heavy atom. The number of nitriles is 2. The normalized spacial score (nSPS) is 11.4. The van der Waals surface area contributed by atoms with Crippen molar-refractivity contribution in [1.82, 2.24) is 9.13 Å². The van der Waals surface area contributed by atoms with E-state index < -0.39 is 22.9 Å². The molecule has 0 spiro atoms. The first-order chi connectivity index (χ1) is 27.1. The van der Waals surface area contributed by atoms with Gasteiger partial charge in [0.15, 0.2) is 11.4 Å². The molecule has 0 amide bonds. The van der Waals surface area contributed by atoms with Crippen LogP contribution in [0.5, 0.6) is 11.8 Å². The van der Waals surface area contributed by atoms with Gasteiger partial charge in [0, 0.05) is 24.2 Å². The second-order valence-corrected chi connectivity index (χ2v) is 14.3. The molecule has 4 rings (SSSR count). The van der Waals surface area contributed by atoms with E-state index in [-0.39, 0.29) is 46.7 Å². The first-order valence-electron chi connectivity index (χ1n) is 19.9. The summed E-state index contributed by atoms with van der Waals surface area (Å²) >= 11 is 0. The van der Waals surface area contributed by atoms with E-state index in [2.05, 4.69) is 34.3 Å². The summed E-state index contributed by atoms with van der Waals surface area (Å²) in [6, 6.07) is 19.0. The molecule has 294 valence electrons. The summed E-state index contributed by atoms with van der Waals surface area (Å²) in [6.07, 6.45) is 16.5. The van der Waals surface area contributed by atoms with E-state index in [9.17, 15) is 30.3 Å². The molecule has 2 heterocycles. The lowest BCUT2D eigenvalue weighted by Gasteiger charge is -2.16. The lowest BCUT2D eigenvalue weighted by atomic mass is 10.0. The van der Waals surface area contributed by atoms with Crippen LogP contribution >= 0.6 is 0 Å². The van der Waals surface area contributed by atoms with Crippen LogP contribution < -0.4 is 11.1 Å². The van der Waals surface area contributed by atoms with Gasteiger partial charge in [0.2, 0.25) is 11.8 Å². The van der Waals surface area contributed by atoms with Crippen LogP contribution in [-0.4, -0.2) is 19.3 Å². The number of benzene rings is 2. The minimum Gasteiger partial charge on any atom is -0.493 e. The molecule has 2 N–H and O–H groups in total. The molecule has 0 fully saturated rings. The Morgan fingerprint density at radius 1 is 0.536 bits per heavy atom. The highest BCUT2D eigenvalue weighted by molar-refractivity contribution is 5.58. The molecule has 4 aromatic rings. The van der Waals surface area contributed by atoms with Gasteiger partial charge in [-0.1, -0.05) is 102 Å². The Bertz CT molecular complexity index is 2030. The third kappa shape index (κ3) is 11.3. The van der Waals surface area contributed by atoms with Crippen molar-refractivity contribution >= 4 is 22.7 Å². The van der Waals surface area contributed by atoms with Crippen LogP contribution in [0.25, 0.3) is 0 Å². The monoisotopic (exact) mass is 758 g/mol. The van der Waals surface area contributed by atoms with Gasteiger partial charge >= 0.3 is 0 Å². The lowest BCUT2D eigenvalue weighted by Crippen LogP contribution is -2.28. The van der Waals surface area contributed by atoms with Crippen LogP contribution in [0.1, 0.15) is 124 Å². The summed E-state index contributed by atoms with van der Waals surface area (Å²) in [5, 5.41) is 58.6. The van der Waals surface area contributed by atoms with Crippen LogP contribution in [0.2, 0.25) is 0 Å². The molecular formula is C44H54N8O4. The van der Waals surface area contributed by atoms with Gasteiger partial charge in [-0.05, 0) is 74.9 Å². The SMILES string of the molecule is CCCCCCCCc1ccc(N=Nc2c(C)c(C#N)c(O)n(CCn3c(O)c(C#N)c(C)c(N=Nc4ccc(CCCCCCCC)cc4)c3=O)c2=O)cc1. The van der Waals surface area contributed by atoms with Crippen molar-refractivity contribution in [2.24, 2.45) is 20.5 Å². The average Bonchev–Trinajstić information content (AvgIpc) is 3.19. The Kier molecular flexibility index (Phi) is 16.7. The standard InChI is InChI=1S/C44H54N8O4/c1-5-7-9-11-13-15-17-33-19-23-35(24-20-33)47-49-39-31(3)37(29-45)41(53)51(43(39)55)27-28-52-42(54)38(30-46)32(4)40(44(52)56)50-48-36-25-21-34(22-26-36)18-16-14-12-10-8-6-2/h19-26,53-54H,5-18,27-28H2,1-4H3. The predicted molar refractivity (Wildman–Crippen MR) is 219 cm³/mol. The predicted octanol–water partition coefficient (Wildman–Crippen LogP) is 11.1. The van der Waals surface area contributed by atoms with Crippen molar-refractivity contribution in [1.29, 1.82) is 10.5 Å². The Morgan fingerprint density at radius 3 is 1.21 bits per heavy atom. The van der Waals surface area contributed by atoms with Crippen molar-refractivity contribution in [3.05, 3.63) is 103 Å². The van der Waals surface area contributed by atoms with E-state index in [4.69, 9.17) is 0 Å². The number of hydrogen-bond acceptors (Lipinski definition) is 10. The van der Waals surface area contributed by atoms with Crippen molar-refractivity contribution < 1.29 is 10.2 Å². The molecule has 0 aliphatic rings. The molecule has 2 aromatic heterocycles. The van der Waals surface area contributed by atoms with Gasteiger partial charge in [0.25, 0.3) is 11.1 Å². The third-order valence-corrected chi connectivity index (χ3v) is 10.1. The van der Waals surface area contributed by atoms with Gasteiger partial charge in [-0.15, -0.1) is 10.2 Å². The maximum absolute atomic E-state index is 13.7. The number of pyridine rings is 2. The lowest BCUT2D eigenvalue weighted by molar-refractivity contribution is 0.368. The summed E-state index contributed by atoms with van der Waals surface area (Å²) in [6.45, 7) is 6.70. The highest BCUT2D eigenvalue weighted by Crippen LogP contribution is 2.30. The first kappa shape index (κ1) is 42.9. The molecule has 0 bridgehead atoms. The zero-order valence-electron chi connectivity index (χ0n) is 33.2. The second kappa shape index (κ2) is 21.9.